The van der Waals surface area contributed by atoms with Gasteiger partial charge >= 0.3 is 6.03 Å². The Bertz CT molecular complexity index is 1400. The number of nitrogens with zero attached hydrogens (tertiary/aromatic N) is 3. The molecule has 4 N–H and O–H groups in total. The molecule has 0 fully saturated rings. The molecule has 4 rings (SSSR count). The first-order valence-electron chi connectivity index (χ1n) is 9.99. The fourth-order valence-corrected chi connectivity index (χ4v) is 3.25. The third-order valence-corrected chi connectivity index (χ3v) is 4.90. The zero-order valence-corrected chi connectivity index (χ0v) is 17.8. The van der Waals surface area contributed by atoms with Gasteiger partial charge in [-0.2, -0.15) is 0 Å². The van der Waals surface area contributed by atoms with Crippen molar-refractivity contribution in [1.82, 2.24) is 9.97 Å². The van der Waals surface area contributed by atoms with Crippen molar-refractivity contribution >= 4 is 45.6 Å². The molecule has 0 unspecified atom stereocenters. The van der Waals surface area contributed by atoms with E-state index in [9.17, 15) is 24.8 Å². The molecule has 0 atom stereocenters. The van der Waals surface area contributed by atoms with Gasteiger partial charge in [0, 0.05) is 23.1 Å². The van der Waals surface area contributed by atoms with Crippen LogP contribution in [0.3, 0.4) is 0 Å². The van der Waals surface area contributed by atoms with E-state index in [0.717, 1.165) is 18.0 Å². The van der Waals surface area contributed by atoms with E-state index >= 15 is 0 Å². The number of aryl methyl sites for hydroxylation is 1. The van der Waals surface area contributed by atoms with Crippen molar-refractivity contribution in [1.29, 1.82) is 0 Å². The Balaban J connectivity index is 1.47. The number of urea groups is 1. The lowest BCUT2D eigenvalue weighted by atomic mass is 10.1. The van der Waals surface area contributed by atoms with E-state index in [4.69, 9.17) is 0 Å². The molecule has 3 amide bonds. The van der Waals surface area contributed by atoms with Crippen LogP contribution in [0.5, 0.6) is 5.88 Å². The van der Waals surface area contributed by atoms with Crippen LogP contribution in [-0.4, -0.2) is 31.9 Å². The molecular weight excluding hydrogens is 440 g/mol. The van der Waals surface area contributed by atoms with Crippen molar-refractivity contribution in [3.63, 3.8) is 0 Å². The van der Waals surface area contributed by atoms with E-state index in [2.05, 4.69) is 25.9 Å². The molecule has 0 saturated heterocycles. The average Bonchev–Trinajstić information content (AvgIpc) is 2.81. The van der Waals surface area contributed by atoms with Crippen LogP contribution >= 0.6 is 0 Å². The molecule has 0 saturated carbocycles. The minimum atomic E-state index is -0.656. The Hall–Kier alpha value is -5.06. The lowest BCUT2D eigenvalue weighted by Gasteiger charge is -2.10. The van der Waals surface area contributed by atoms with Gasteiger partial charge in [0.15, 0.2) is 5.52 Å². The summed E-state index contributed by atoms with van der Waals surface area (Å²) in [5, 5.41) is 29.3. The van der Waals surface area contributed by atoms with Gasteiger partial charge in [0.25, 0.3) is 11.6 Å². The van der Waals surface area contributed by atoms with Gasteiger partial charge < -0.3 is 21.1 Å². The summed E-state index contributed by atoms with van der Waals surface area (Å²) in [6.07, 6.45) is 0.979. The molecule has 0 aliphatic carbocycles. The van der Waals surface area contributed by atoms with Crippen LogP contribution in [0.25, 0.3) is 10.9 Å². The second-order valence-corrected chi connectivity index (χ2v) is 7.29. The number of fused-ring (bicyclic) bond motifs is 1. The van der Waals surface area contributed by atoms with Gasteiger partial charge in [-0.25, -0.2) is 14.8 Å². The number of hydrogen-bond donors (Lipinski definition) is 4. The van der Waals surface area contributed by atoms with E-state index in [1.165, 1.54) is 6.07 Å². The fourth-order valence-electron chi connectivity index (χ4n) is 3.25. The highest BCUT2D eigenvalue weighted by Gasteiger charge is 2.22. The predicted octanol–water partition coefficient (Wildman–Crippen LogP) is 4.45. The standard InChI is InChI=1S/C23H18N6O5/c1-13-2-4-15(5-3-13)27-23(32)28-16-8-6-14(7-9-16)26-21(30)17-10-11-18(29(33)34)20-19(17)22(31)25-12-24-20/h2-12H,1H3,(H,26,30)(H,24,25,31)(H2,27,28,32). The number of hydrogen-bond acceptors (Lipinski definition) is 7. The predicted molar refractivity (Wildman–Crippen MR) is 126 cm³/mol. The van der Waals surface area contributed by atoms with Crippen LogP contribution in [0.15, 0.2) is 67.0 Å². The minimum Gasteiger partial charge on any atom is -0.493 e. The zero-order valence-electron chi connectivity index (χ0n) is 17.8. The number of nitrogens with one attached hydrogen (secondary N) is 3. The first kappa shape index (κ1) is 22.1. The van der Waals surface area contributed by atoms with Crippen LogP contribution in [0, 0.1) is 17.0 Å². The quantitative estimate of drug-likeness (QED) is 0.254. The van der Waals surface area contributed by atoms with E-state index in [1.807, 2.05) is 19.1 Å². The lowest BCUT2D eigenvalue weighted by Crippen LogP contribution is -2.19. The summed E-state index contributed by atoms with van der Waals surface area (Å²) in [5.74, 6) is -1.17. The maximum atomic E-state index is 12.8. The smallest absolute Gasteiger partial charge is 0.323 e. The van der Waals surface area contributed by atoms with E-state index in [1.54, 1.807) is 36.4 Å². The van der Waals surface area contributed by atoms with Crippen LogP contribution < -0.4 is 16.0 Å². The van der Waals surface area contributed by atoms with Gasteiger partial charge in [0.1, 0.15) is 6.33 Å². The maximum absolute atomic E-state index is 12.8. The summed E-state index contributed by atoms with van der Waals surface area (Å²) in [4.78, 5) is 43.1. The number of benzene rings is 3. The Morgan fingerprint density at radius 2 is 1.41 bits per heavy atom. The largest absolute Gasteiger partial charge is 0.493 e. The molecule has 170 valence electrons. The Morgan fingerprint density at radius 1 is 0.853 bits per heavy atom. The van der Waals surface area contributed by atoms with Gasteiger partial charge in [-0.05, 0) is 49.4 Å². The fraction of sp³-hybridized carbons (Fsp3) is 0.0435. The van der Waals surface area contributed by atoms with Crippen molar-refractivity contribution in [2.45, 2.75) is 6.92 Å². The van der Waals surface area contributed by atoms with Crippen molar-refractivity contribution in [3.05, 3.63) is 88.2 Å². The van der Waals surface area contributed by atoms with Gasteiger partial charge in [-0.3, -0.25) is 14.9 Å². The molecule has 11 nitrogen and oxygen atoms in total. The first-order chi connectivity index (χ1) is 16.3. The summed E-state index contributed by atoms with van der Waals surface area (Å²) >= 11 is 0. The zero-order chi connectivity index (χ0) is 24.2. The third-order valence-electron chi connectivity index (χ3n) is 4.90. The van der Waals surface area contributed by atoms with Crippen LogP contribution in [0.1, 0.15) is 15.9 Å². The molecule has 0 spiro atoms. The van der Waals surface area contributed by atoms with Crippen LogP contribution in [-0.2, 0) is 0 Å². The number of aromatic hydroxyl groups is 1. The molecular formula is C23H18N6O5. The highest BCUT2D eigenvalue weighted by Crippen LogP contribution is 2.31. The number of amides is 3. The Morgan fingerprint density at radius 3 is 2.00 bits per heavy atom. The van der Waals surface area contributed by atoms with Crippen molar-refractivity contribution in [2.75, 3.05) is 16.0 Å². The number of carbonyl (C=O) groups is 2. The summed E-state index contributed by atoms with van der Waals surface area (Å²) in [6, 6.07) is 15.6. The van der Waals surface area contributed by atoms with Gasteiger partial charge in [0.2, 0.25) is 5.88 Å². The molecule has 4 aromatic rings. The molecule has 0 aliphatic rings. The normalized spacial score (nSPS) is 10.5. The molecule has 1 heterocycles. The summed E-state index contributed by atoms with van der Waals surface area (Å²) in [5.41, 5.74) is 2.08. The second-order valence-electron chi connectivity index (χ2n) is 7.29. The summed E-state index contributed by atoms with van der Waals surface area (Å²) in [7, 11) is 0. The SMILES string of the molecule is Cc1ccc(NC(=O)Nc2ccc(NC(=O)c3ccc([N+](=O)[O-])c4ncnc(O)c34)cc2)cc1. The van der Waals surface area contributed by atoms with Gasteiger partial charge in [0.05, 0.1) is 15.9 Å². The molecule has 34 heavy (non-hydrogen) atoms. The summed E-state index contributed by atoms with van der Waals surface area (Å²) < 4.78 is 0. The number of rotatable bonds is 5. The highest BCUT2D eigenvalue weighted by molar-refractivity contribution is 6.15. The van der Waals surface area contributed by atoms with Gasteiger partial charge in [-0.15, -0.1) is 0 Å². The molecule has 1 aromatic heterocycles. The van der Waals surface area contributed by atoms with E-state index in [0.29, 0.717) is 17.1 Å². The van der Waals surface area contributed by atoms with Crippen LogP contribution in [0.4, 0.5) is 27.5 Å². The van der Waals surface area contributed by atoms with E-state index < -0.39 is 22.7 Å². The van der Waals surface area contributed by atoms with Crippen molar-refractivity contribution in [3.8, 4) is 5.88 Å². The average molecular weight is 458 g/mol. The number of aromatic nitrogens is 2. The summed E-state index contributed by atoms with van der Waals surface area (Å²) in [6.45, 7) is 1.95. The number of non-ortho nitro benzene ring substituents is 1. The number of nitro benzene ring substituents is 1. The monoisotopic (exact) mass is 458 g/mol. The number of carbonyl (C=O) groups excluding carboxylic acids is 2. The first-order valence-corrected chi connectivity index (χ1v) is 9.99. The molecule has 0 bridgehead atoms. The van der Waals surface area contributed by atoms with Crippen molar-refractivity contribution < 1.29 is 19.6 Å². The van der Waals surface area contributed by atoms with E-state index in [-0.39, 0.29) is 22.2 Å². The maximum Gasteiger partial charge on any atom is 0.323 e. The highest BCUT2D eigenvalue weighted by atomic mass is 16.6. The lowest BCUT2D eigenvalue weighted by molar-refractivity contribution is -0.383. The molecule has 0 radical (unpaired) electrons. The Labute approximate surface area is 192 Å². The Kier molecular flexibility index (Phi) is 5.99. The number of anilines is 3. The topological polar surface area (TPSA) is 159 Å². The second kappa shape index (κ2) is 9.20. The van der Waals surface area contributed by atoms with Crippen LogP contribution in [0.2, 0.25) is 0 Å². The minimum absolute atomic E-state index is 0.0293. The van der Waals surface area contributed by atoms with Crippen molar-refractivity contribution in [2.24, 2.45) is 0 Å². The number of nitro groups is 1. The molecule has 3 aromatic carbocycles. The third kappa shape index (κ3) is 4.72. The molecule has 11 heteroatoms. The van der Waals surface area contributed by atoms with Gasteiger partial charge in [-0.1, -0.05) is 17.7 Å². The molecule has 0 aliphatic heterocycles.